The molecule has 0 heterocycles. The fraction of sp³-hybridized carbons (Fsp3) is 0.312. The van der Waals surface area contributed by atoms with Crippen molar-refractivity contribution < 1.29 is 33.4 Å². The molecule has 3 aromatic rings. The van der Waals surface area contributed by atoms with Crippen molar-refractivity contribution in [1.29, 1.82) is 0 Å². The SMILES string of the molecule is COc1ccc(C(=O)NCc2ccc(F)c(C(=O)N[C@@H](CC(C)(C)C)C(=O)Nc3ccc(CCC(=O)O)cc3)c2)cc1. The Labute approximate surface area is 244 Å². The molecule has 0 unspecified atom stereocenters. The normalized spacial score (nSPS) is 11.7. The van der Waals surface area contributed by atoms with Crippen molar-refractivity contribution in [3.8, 4) is 5.75 Å². The third kappa shape index (κ3) is 9.72. The summed E-state index contributed by atoms with van der Waals surface area (Å²) in [6, 6.07) is 16.3. The highest BCUT2D eigenvalue weighted by Gasteiger charge is 2.28. The second-order valence-electron chi connectivity index (χ2n) is 11.1. The van der Waals surface area contributed by atoms with Crippen LogP contribution in [0, 0.1) is 11.2 Å². The van der Waals surface area contributed by atoms with E-state index in [4.69, 9.17) is 9.84 Å². The second kappa shape index (κ2) is 14.2. The molecule has 10 heteroatoms. The Kier molecular flexibility index (Phi) is 10.8. The van der Waals surface area contributed by atoms with Crippen LogP contribution in [-0.2, 0) is 22.6 Å². The van der Waals surface area contributed by atoms with Crippen molar-refractivity contribution in [2.24, 2.45) is 5.41 Å². The van der Waals surface area contributed by atoms with Gasteiger partial charge in [-0.3, -0.25) is 19.2 Å². The van der Waals surface area contributed by atoms with Crippen molar-refractivity contribution in [2.45, 2.75) is 52.6 Å². The molecule has 0 aromatic heterocycles. The standard InChI is InChI=1S/C32H36FN3O6/c1-32(2,3)18-27(31(41)35-23-11-5-20(6-12-23)8-16-28(37)38)36-30(40)25-17-21(7-15-26(25)33)19-34-29(39)22-9-13-24(42-4)14-10-22/h5-7,9-15,17,27H,8,16,18-19H2,1-4H3,(H,34,39)(H,35,41)(H,36,40)(H,37,38)/t27-/m0/s1. The van der Waals surface area contributed by atoms with Crippen LogP contribution in [0.5, 0.6) is 5.75 Å². The number of carbonyl (C=O) groups excluding carboxylic acids is 3. The zero-order valence-electron chi connectivity index (χ0n) is 24.1. The minimum atomic E-state index is -0.970. The fourth-order valence-corrected chi connectivity index (χ4v) is 4.18. The lowest BCUT2D eigenvalue weighted by atomic mass is 9.87. The number of aryl methyl sites for hydroxylation is 1. The van der Waals surface area contributed by atoms with Crippen LogP contribution in [0.25, 0.3) is 0 Å². The first-order valence-electron chi connectivity index (χ1n) is 13.5. The van der Waals surface area contributed by atoms with Gasteiger partial charge in [0.05, 0.1) is 12.7 Å². The summed E-state index contributed by atoms with van der Waals surface area (Å²) in [6.07, 6.45) is 0.640. The highest BCUT2D eigenvalue weighted by Crippen LogP contribution is 2.23. The summed E-state index contributed by atoms with van der Waals surface area (Å²) in [5.74, 6) is -2.61. The molecular formula is C32H36FN3O6. The summed E-state index contributed by atoms with van der Waals surface area (Å²) in [5.41, 5.74) is 1.62. The molecule has 3 rings (SSSR count). The molecule has 4 N–H and O–H groups in total. The first-order valence-corrected chi connectivity index (χ1v) is 13.5. The van der Waals surface area contributed by atoms with Crippen LogP contribution in [-0.4, -0.2) is 41.9 Å². The first-order chi connectivity index (χ1) is 19.8. The number of hydrogen-bond donors (Lipinski definition) is 4. The van der Waals surface area contributed by atoms with E-state index in [1.165, 1.54) is 19.2 Å². The molecular weight excluding hydrogens is 541 g/mol. The average Bonchev–Trinajstić information content (AvgIpc) is 2.95. The number of carbonyl (C=O) groups is 4. The smallest absolute Gasteiger partial charge is 0.303 e. The summed E-state index contributed by atoms with van der Waals surface area (Å²) in [4.78, 5) is 49.7. The molecule has 1 atom stereocenters. The lowest BCUT2D eigenvalue weighted by molar-refractivity contribution is -0.137. The Morgan fingerprint density at radius 2 is 1.55 bits per heavy atom. The maximum atomic E-state index is 14.7. The molecule has 0 spiro atoms. The molecule has 0 bridgehead atoms. The van der Waals surface area contributed by atoms with E-state index in [0.717, 1.165) is 11.6 Å². The molecule has 0 saturated heterocycles. The van der Waals surface area contributed by atoms with E-state index in [1.54, 1.807) is 48.5 Å². The van der Waals surface area contributed by atoms with Gasteiger partial charge in [0, 0.05) is 24.2 Å². The molecule has 3 amide bonds. The maximum Gasteiger partial charge on any atom is 0.303 e. The number of hydrogen-bond acceptors (Lipinski definition) is 5. The number of halogens is 1. The zero-order chi connectivity index (χ0) is 30.9. The Bertz CT molecular complexity index is 1420. The van der Waals surface area contributed by atoms with Crippen molar-refractivity contribution in [3.05, 3.63) is 94.8 Å². The van der Waals surface area contributed by atoms with Crippen LogP contribution in [0.3, 0.4) is 0 Å². The van der Waals surface area contributed by atoms with Crippen LogP contribution in [0.2, 0.25) is 0 Å². The van der Waals surface area contributed by atoms with Gasteiger partial charge < -0.3 is 25.8 Å². The van der Waals surface area contributed by atoms with E-state index in [-0.39, 0.29) is 36.3 Å². The van der Waals surface area contributed by atoms with Crippen molar-refractivity contribution >= 4 is 29.4 Å². The van der Waals surface area contributed by atoms with Gasteiger partial charge in [0.2, 0.25) is 5.91 Å². The highest BCUT2D eigenvalue weighted by atomic mass is 19.1. The Balaban J connectivity index is 1.69. The molecule has 42 heavy (non-hydrogen) atoms. The minimum absolute atomic E-state index is 0.00179. The predicted molar refractivity (Wildman–Crippen MR) is 157 cm³/mol. The number of ether oxygens (including phenoxy) is 1. The van der Waals surface area contributed by atoms with Crippen molar-refractivity contribution in [3.63, 3.8) is 0 Å². The molecule has 0 aliphatic carbocycles. The van der Waals surface area contributed by atoms with E-state index < -0.39 is 29.6 Å². The highest BCUT2D eigenvalue weighted by molar-refractivity contribution is 6.01. The summed E-state index contributed by atoms with van der Waals surface area (Å²) < 4.78 is 19.8. The summed E-state index contributed by atoms with van der Waals surface area (Å²) in [5, 5.41) is 17.1. The number of methoxy groups -OCH3 is 1. The quantitative estimate of drug-likeness (QED) is 0.241. The summed E-state index contributed by atoms with van der Waals surface area (Å²) in [7, 11) is 1.53. The number of carboxylic acid groups (broad SMARTS) is 1. The van der Waals surface area contributed by atoms with E-state index in [1.807, 2.05) is 20.8 Å². The van der Waals surface area contributed by atoms with Gasteiger partial charge in [-0.05, 0) is 77.9 Å². The zero-order valence-corrected chi connectivity index (χ0v) is 24.1. The topological polar surface area (TPSA) is 134 Å². The third-order valence-corrected chi connectivity index (χ3v) is 6.37. The summed E-state index contributed by atoms with van der Waals surface area (Å²) >= 11 is 0. The number of anilines is 1. The molecule has 0 fully saturated rings. The van der Waals surface area contributed by atoms with Crippen LogP contribution < -0.4 is 20.7 Å². The van der Waals surface area contributed by atoms with Gasteiger partial charge in [-0.2, -0.15) is 0 Å². The monoisotopic (exact) mass is 577 g/mol. The van der Waals surface area contributed by atoms with Crippen LogP contribution >= 0.6 is 0 Å². The van der Waals surface area contributed by atoms with Crippen LogP contribution in [0.4, 0.5) is 10.1 Å². The van der Waals surface area contributed by atoms with Gasteiger partial charge in [0.25, 0.3) is 11.8 Å². The molecule has 222 valence electrons. The van der Waals surface area contributed by atoms with E-state index in [9.17, 15) is 23.6 Å². The number of amides is 3. The number of rotatable bonds is 12. The van der Waals surface area contributed by atoms with Crippen molar-refractivity contribution in [1.82, 2.24) is 10.6 Å². The fourth-order valence-electron chi connectivity index (χ4n) is 4.18. The predicted octanol–water partition coefficient (Wildman–Crippen LogP) is 4.95. The van der Waals surface area contributed by atoms with Gasteiger partial charge >= 0.3 is 5.97 Å². The van der Waals surface area contributed by atoms with Crippen LogP contribution in [0.1, 0.15) is 65.5 Å². The largest absolute Gasteiger partial charge is 0.497 e. The Morgan fingerprint density at radius 3 is 2.14 bits per heavy atom. The van der Waals surface area contributed by atoms with E-state index in [2.05, 4.69) is 16.0 Å². The van der Waals surface area contributed by atoms with Crippen molar-refractivity contribution in [2.75, 3.05) is 12.4 Å². The van der Waals surface area contributed by atoms with Gasteiger partial charge in [-0.1, -0.05) is 39.0 Å². The average molecular weight is 578 g/mol. The Hall–Kier alpha value is -4.73. The molecule has 0 aliphatic rings. The van der Waals surface area contributed by atoms with Gasteiger partial charge in [-0.15, -0.1) is 0 Å². The Morgan fingerprint density at radius 1 is 0.905 bits per heavy atom. The number of nitrogens with one attached hydrogen (secondary N) is 3. The van der Waals surface area contributed by atoms with Crippen LogP contribution in [0.15, 0.2) is 66.7 Å². The van der Waals surface area contributed by atoms with Gasteiger partial charge in [0.15, 0.2) is 0 Å². The van der Waals surface area contributed by atoms with Gasteiger partial charge in [0.1, 0.15) is 17.6 Å². The maximum absolute atomic E-state index is 14.7. The second-order valence-corrected chi connectivity index (χ2v) is 11.1. The minimum Gasteiger partial charge on any atom is -0.497 e. The molecule has 9 nitrogen and oxygen atoms in total. The number of carboxylic acids is 1. The molecule has 0 radical (unpaired) electrons. The third-order valence-electron chi connectivity index (χ3n) is 6.37. The summed E-state index contributed by atoms with van der Waals surface area (Å²) in [6.45, 7) is 5.82. The molecule has 0 saturated carbocycles. The molecule has 0 aliphatic heterocycles. The lowest BCUT2D eigenvalue weighted by Gasteiger charge is -2.26. The lowest BCUT2D eigenvalue weighted by Crippen LogP contribution is -2.46. The first kappa shape index (κ1) is 31.8. The van der Waals surface area contributed by atoms with E-state index in [0.29, 0.717) is 29.0 Å². The molecule has 3 aromatic carbocycles. The van der Waals surface area contributed by atoms with E-state index >= 15 is 0 Å². The number of benzene rings is 3. The number of aliphatic carboxylic acids is 1. The van der Waals surface area contributed by atoms with Gasteiger partial charge in [-0.25, -0.2) is 4.39 Å².